The van der Waals surface area contributed by atoms with Crippen LogP contribution in [0.2, 0.25) is 0 Å². The van der Waals surface area contributed by atoms with Gasteiger partial charge in [0.15, 0.2) is 0 Å². The molecule has 0 heterocycles. The zero-order valence-corrected chi connectivity index (χ0v) is 10.5. The van der Waals surface area contributed by atoms with Gasteiger partial charge in [0, 0.05) is 13.6 Å². The molecular formula is C13H17NO4. The van der Waals surface area contributed by atoms with E-state index in [9.17, 15) is 9.59 Å². The maximum Gasteiger partial charge on any atom is 0.307 e. The van der Waals surface area contributed by atoms with Crippen molar-refractivity contribution < 1.29 is 19.4 Å². The normalized spacial score (nSPS) is 9.89. The summed E-state index contributed by atoms with van der Waals surface area (Å²) in [4.78, 5) is 24.2. The highest BCUT2D eigenvalue weighted by Gasteiger charge is 2.11. The van der Waals surface area contributed by atoms with Gasteiger partial charge >= 0.3 is 5.97 Å². The van der Waals surface area contributed by atoms with Crippen molar-refractivity contribution in [1.82, 2.24) is 4.90 Å². The second-order valence-corrected chi connectivity index (χ2v) is 3.98. The molecule has 0 saturated carbocycles. The number of amides is 1. The van der Waals surface area contributed by atoms with Gasteiger partial charge in [-0.3, -0.25) is 9.59 Å². The zero-order valence-electron chi connectivity index (χ0n) is 10.5. The number of phenolic OH excluding ortho intramolecular Hbond substituents is 1. The van der Waals surface area contributed by atoms with Crippen molar-refractivity contribution in [3.8, 4) is 5.75 Å². The highest BCUT2D eigenvalue weighted by molar-refractivity contribution is 5.79. The van der Waals surface area contributed by atoms with Gasteiger partial charge in [-0.05, 0) is 17.7 Å². The standard InChI is InChI=1S/C13H17NO4/c1-14(8-7-13(17)18-2)12(16)9-10-3-5-11(15)6-4-10/h3-6,15H,7-9H2,1-2H3. The van der Waals surface area contributed by atoms with Crippen molar-refractivity contribution in [3.05, 3.63) is 29.8 Å². The molecule has 0 fully saturated rings. The van der Waals surface area contributed by atoms with Crippen LogP contribution in [-0.2, 0) is 20.7 Å². The maximum atomic E-state index is 11.8. The monoisotopic (exact) mass is 251 g/mol. The molecule has 0 spiro atoms. The molecule has 0 aromatic heterocycles. The van der Waals surface area contributed by atoms with E-state index in [-0.39, 0.29) is 30.5 Å². The first-order chi connectivity index (χ1) is 8.52. The molecule has 0 aliphatic heterocycles. The minimum Gasteiger partial charge on any atom is -0.508 e. The summed E-state index contributed by atoms with van der Waals surface area (Å²) in [5.41, 5.74) is 0.822. The minimum absolute atomic E-state index is 0.0791. The lowest BCUT2D eigenvalue weighted by Gasteiger charge is -2.16. The second-order valence-electron chi connectivity index (χ2n) is 3.98. The van der Waals surface area contributed by atoms with Crippen LogP contribution < -0.4 is 0 Å². The summed E-state index contributed by atoms with van der Waals surface area (Å²) < 4.78 is 4.51. The van der Waals surface area contributed by atoms with E-state index in [1.54, 1.807) is 19.2 Å². The van der Waals surface area contributed by atoms with Gasteiger partial charge in [0.25, 0.3) is 0 Å². The molecule has 1 aromatic rings. The number of hydrogen-bond acceptors (Lipinski definition) is 4. The van der Waals surface area contributed by atoms with Gasteiger partial charge in [-0.1, -0.05) is 12.1 Å². The van der Waals surface area contributed by atoms with Crippen LogP contribution in [0.1, 0.15) is 12.0 Å². The lowest BCUT2D eigenvalue weighted by Crippen LogP contribution is -2.30. The number of benzene rings is 1. The molecule has 18 heavy (non-hydrogen) atoms. The highest BCUT2D eigenvalue weighted by Crippen LogP contribution is 2.10. The number of likely N-dealkylation sites (N-methyl/N-ethyl adjacent to an activating group) is 1. The second kappa shape index (κ2) is 6.64. The first-order valence-electron chi connectivity index (χ1n) is 5.61. The quantitative estimate of drug-likeness (QED) is 0.791. The molecule has 1 aromatic carbocycles. The van der Waals surface area contributed by atoms with E-state index in [1.165, 1.54) is 24.1 Å². The Balaban J connectivity index is 2.44. The molecule has 0 radical (unpaired) electrons. The molecule has 1 N–H and O–H groups in total. The first kappa shape index (κ1) is 14.0. The van der Waals surface area contributed by atoms with Gasteiger partial charge in [0.05, 0.1) is 20.0 Å². The Hall–Kier alpha value is -2.04. The van der Waals surface area contributed by atoms with E-state index in [2.05, 4.69) is 4.74 Å². The highest BCUT2D eigenvalue weighted by atomic mass is 16.5. The number of rotatable bonds is 5. The van der Waals surface area contributed by atoms with Crippen LogP contribution in [0.15, 0.2) is 24.3 Å². The Morgan fingerprint density at radius 1 is 1.28 bits per heavy atom. The summed E-state index contributed by atoms with van der Waals surface area (Å²) in [7, 11) is 2.96. The average molecular weight is 251 g/mol. The third kappa shape index (κ3) is 4.45. The SMILES string of the molecule is COC(=O)CCN(C)C(=O)Cc1ccc(O)cc1. The fourth-order valence-electron chi connectivity index (χ4n) is 1.41. The van der Waals surface area contributed by atoms with Crippen molar-refractivity contribution in [3.63, 3.8) is 0 Å². The molecule has 5 heteroatoms. The summed E-state index contributed by atoms with van der Waals surface area (Å²) in [6.45, 7) is 0.337. The lowest BCUT2D eigenvalue weighted by atomic mass is 10.1. The van der Waals surface area contributed by atoms with Crippen LogP contribution >= 0.6 is 0 Å². The van der Waals surface area contributed by atoms with Gasteiger partial charge in [-0.25, -0.2) is 0 Å². The van der Waals surface area contributed by atoms with Gasteiger partial charge in [0.2, 0.25) is 5.91 Å². The minimum atomic E-state index is -0.334. The largest absolute Gasteiger partial charge is 0.508 e. The predicted octanol–water partition coefficient (Wildman–Crippen LogP) is 0.956. The molecule has 1 rings (SSSR count). The molecule has 0 saturated heterocycles. The first-order valence-corrected chi connectivity index (χ1v) is 5.61. The summed E-state index contributed by atoms with van der Waals surface area (Å²) in [5.74, 6) is -0.242. The van der Waals surface area contributed by atoms with E-state index < -0.39 is 0 Å². The van der Waals surface area contributed by atoms with Crippen molar-refractivity contribution in [1.29, 1.82) is 0 Å². The number of phenols is 1. The molecule has 0 atom stereocenters. The van der Waals surface area contributed by atoms with Crippen LogP contribution in [0, 0.1) is 0 Å². The van der Waals surface area contributed by atoms with Crippen molar-refractivity contribution >= 4 is 11.9 Å². The fraction of sp³-hybridized carbons (Fsp3) is 0.385. The Bertz CT molecular complexity index is 414. The van der Waals surface area contributed by atoms with Crippen molar-refractivity contribution in [2.75, 3.05) is 20.7 Å². The van der Waals surface area contributed by atoms with Crippen LogP contribution in [0.3, 0.4) is 0 Å². The number of esters is 1. The van der Waals surface area contributed by atoms with E-state index in [4.69, 9.17) is 5.11 Å². The Morgan fingerprint density at radius 2 is 1.89 bits per heavy atom. The Morgan fingerprint density at radius 3 is 2.44 bits per heavy atom. The van der Waals surface area contributed by atoms with Crippen LogP contribution in [0.4, 0.5) is 0 Å². The maximum absolute atomic E-state index is 11.8. The molecule has 5 nitrogen and oxygen atoms in total. The summed E-state index contributed by atoms with van der Waals surface area (Å²) >= 11 is 0. The number of carbonyl (C=O) groups excluding carboxylic acids is 2. The smallest absolute Gasteiger partial charge is 0.307 e. The zero-order chi connectivity index (χ0) is 13.5. The van der Waals surface area contributed by atoms with Gasteiger partial charge in [-0.2, -0.15) is 0 Å². The average Bonchev–Trinajstić information content (AvgIpc) is 2.38. The molecule has 0 aliphatic carbocycles. The number of ether oxygens (including phenoxy) is 1. The van der Waals surface area contributed by atoms with Crippen molar-refractivity contribution in [2.45, 2.75) is 12.8 Å². The van der Waals surface area contributed by atoms with Crippen LogP contribution in [0.5, 0.6) is 5.75 Å². The van der Waals surface area contributed by atoms with Crippen molar-refractivity contribution in [2.24, 2.45) is 0 Å². The van der Waals surface area contributed by atoms with Crippen LogP contribution in [0.25, 0.3) is 0 Å². The van der Waals surface area contributed by atoms with Gasteiger partial charge < -0.3 is 14.7 Å². The fourth-order valence-corrected chi connectivity index (χ4v) is 1.41. The Kier molecular flexibility index (Phi) is 5.17. The number of nitrogens with zero attached hydrogens (tertiary/aromatic N) is 1. The number of hydrogen-bond donors (Lipinski definition) is 1. The Labute approximate surface area is 106 Å². The summed E-state index contributed by atoms with van der Waals surface area (Å²) in [6.07, 6.45) is 0.437. The third-order valence-corrected chi connectivity index (χ3v) is 2.60. The van der Waals surface area contributed by atoms with E-state index in [0.29, 0.717) is 6.54 Å². The number of aromatic hydroxyl groups is 1. The van der Waals surface area contributed by atoms with Gasteiger partial charge in [-0.15, -0.1) is 0 Å². The van der Waals surface area contributed by atoms with Crippen LogP contribution in [-0.4, -0.2) is 42.6 Å². The molecule has 1 amide bonds. The van der Waals surface area contributed by atoms with Gasteiger partial charge in [0.1, 0.15) is 5.75 Å². The molecule has 0 aliphatic rings. The summed E-state index contributed by atoms with van der Waals surface area (Å²) in [5, 5.41) is 9.13. The lowest BCUT2D eigenvalue weighted by molar-refractivity contribution is -0.141. The summed E-state index contributed by atoms with van der Waals surface area (Å²) in [6, 6.07) is 6.47. The topological polar surface area (TPSA) is 66.8 Å². The molecular weight excluding hydrogens is 234 g/mol. The predicted molar refractivity (Wildman–Crippen MR) is 66.1 cm³/mol. The van der Waals surface area contributed by atoms with E-state index >= 15 is 0 Å². The third-order valence-electron chi connectivity index (χ3n) is 2.60. The van der Waals surface area contributed by atoms with E-state index in [1.807, 2.05) is 0 Å². The number of carbonyl (C=O) groups is 2. The number of methoxy groups -OCH3 is 1. The molecule has 0 unspecified atom stereocenters. The molecule has 98 valence electrons. The van der Waals surface area contributed by atoms with E-state index in [0.717, 1.165) is 5.56 Å². The molecule has 0 bridgehead atoms.